The molecule has 174 valence electrons. The summed E-state index contributed by atoms with van der Waals surface area (Å²) in [5, 5.41) is 6.22. The summed E-state index contributed by atoms with van der Waals surface area (Å²) < 4.78 is 41.2. The van der Waals surface area contributed by atoms with Gasteiger partial charge in [-0.05, 0) is 73.7 Å². The predicted molar refractivity (Wildman–Crippen MR) is 126 cm³/mol. The van der Waals surface area contributed by atoms with Crippen LogP contribution in [0.5, 0.6) is 0 Å². The molecule has 0 atom stereocenters. The third-order valence-corrected chi connectivity index (χ3v) is 7.09. The lowest BCUT2D eigenvalue weighted by atomic mass is 9.93. The predicted octanol–water partition coefficient (Wildman–Crippen LogP) is 3.52. The molecule has 2 aromatic carbocycles. The van der Waals surface area contributed by atoms with Crippen molar-refractivity contribution in [2.45, 2.75) is 49.2 Å². The second-order valence-electron chi connectivity index (χ2n) is 8.13. The van der Waals surface area contributed by atoms with E-state index in [2.05, 4.69) is 25.3 Å². The van der Waals surface area contributed by atoms with Gasteiger partial charge in [-0.1, -0.05) is 12.1 Å². The fourth-order valence-electron chi connectivity index (χ4n) is 3.69. The lowest BCUT2D eigenvalue weighted by molar-refractivity contribution is 0.373. The van der Waals surface area contributed by atoms with Crippen molar-refractivity contribution < 1.29 is 12.8 Å². The summed E-state index contributed by atoms with van der Waals surface area (Å²) in [5.74, 6) is 0.671. The lowest BCUT2D eigenvalue weighted by Crippen LogP contribution is -2.40. The molecule has 0 saturated heterocycles. The molecule has 0 spiro atoms. The zero-order valence-corrected chi connectivity index (χ0v) is 18.9. The number of rotatable bonds is 8. The fourth-order valence-corrected chi connectivity index (χ4v) is 4.99. The maximum absolute atomic E-state index is 13.1. The number of aromatic nitrogens is 2. The van der Waals surface area contributed by atoms with E-state index >= 15 is 0 Å². The molecule has 1 saturated carbocycles. The minimum Gasteiger partial charge on any atom is -0.350 e. The normalized spacial score (nSPS) is 18.6. The number of hydrogen-bond acceptors (Lipinski definition) is 7. The maximum Gasteiger partial charge on any atom is 0.240 e. The molecule has 0 aliphatic heterocycles. The molecule has 0 bridgehead atoms. The van der Waals surface area contributed by atoms with E-state index in [1.54, 1.807) is 48.7 Å². The summed E-state index contributed by atoms with van der Waals surface area (Å²) in [7, 11) is -3.57. The first kappa shape index (κ1) is 23.1. The molecule has 0 radical (unpaired) electrons. The van der Waals surface area contributed by atoms with E-state index in [9.17, 15) is 12.8 Å². The molecule has 1 fully saturated rings. The van der Waals surface area contributed by atoms with Crippen LogP contribution in [0.15, 0.2) is 65.7 Å². The Labute approximate surface area is 192 Å². The molecule has 8 nitrogen and oxygen atoms in total. The van der Waals surface area contributed by atoms with Gasteiger partial charge in [-0.3, -0.25) is 0 Å². The third-order valence-electron chi connectivity index (χ3n) is 5.55. The standard InChI is InChI=1S/C23H27FN6O2S/c24-17-3-7-19(8-4-17)28-22-13-14-26-23(29-22)27-15-16-1-11-21(12-2-16)33(31,32)30-20-9-5-18(25)6-10-20/h1-4,7-8,11-14,18,20,30H,5-6,9-10,15,25H2,(H2,26,27,28,29). The van der Waals surface area contributed by atoms with Crippen molar-refractivity contribution in [3.05, 3.63) is 72.2 Å². The summed E-state index contributed by atoms with van der Waals surface area (Å²) in [6, 6.07) is 14.5. The van der Waals surface area contributed by atoms with E-state index in [0.29, 0.717) is 24.0 Å². The van der Waals surface area contributed by atoms with Crippen LogP contribution < -0.4 is 21.1 Å². The van der Waals surface area contributed by atoms with Crippen LogP contribution in [0.1, 0.15) is 31.2 Å². The molecular formula is C23H27FN6O2S. The van der Waals surface area contributed by atoms with E-state index in [-0.39, 0.29) is 22.8 Å². The molecular weight excluding hydrogens is 443 g/mol. The van der Waals surface area contributed by atoms with Crippen molar-refractivity contribution in [1.82, 2.24) is 14.7 Å². The second kappa shape index (κ2) is 10.2. The highest BCUT2D eigenvalue weighted by atomic mass is 32.2. The van der Waals surface area contributed by atoms with Crippen LogP contribution in [0.4, 0.5) is 21.8 Å². The van der Waals surface area contributed by atoms with Crippen molar-refractivity contribution >= 4 is 27.5 Å². The number of hydrogen-bond donors (Lipinski definition) is 4. The van der Waals surface area contributed by atoms with E-state index in [1.807, 2.05) is 0 Å². The van der Waals surface area contributed by atoms with Gasteiger partial charge >= 0.3 is 0 Å². The van der Waals surface area contributed by atoms with Crippen molar-refractivity contribution in [3.63, 3.8) is 0 Å². The highest BCUT2D eigenvalue weighted by molar-refractivity contribution is 7.89. The average Bonchev–Trinajstić information content (AvgIpc) is 2.81. The van der Waals surface area contributed by atoms with Gasteiger partial charge in [0.05, 0.1) is 4.90 Å². The molecule has 1 heterocycles. The highest BCUT2D eigenvalue weighted by Gasteiger charge is 2.24. The summed E-state index contributed by atoms with van der Waals surface area (Å²) in [5.41, 5.74) is 7.50. The second-order valence-corrected chi connectivity index (χ2v) is 9.84. The number of halogens is 1. The maximum atomic E-state index is 13.1. The zero-order chi connectivity index (χ0) is 23.3. The van der Waals surface area contributed by atoms with Crippen molar-refractivity contribution in [1.29, 1.82) is 0 Å². The quantitative estimate of drug-likeness (QED) is 0.397. The summed E-state index contributed by atoms with van der Waals surface area (Å²) in [6.45, 7) is 0.425. The lowest BCUT2D eigenvalue weighted by Gasteiger charge is -2.26. The first-order valence-electron chi connectivity index (χ1n) is 10.8. The van der Waals surface area contributed by atoms with Crippen LogP contribution in [0, 0.1) is 5.82 Å². The number of nitrogens with one attached hydrogen (secondary N) is 3. The van der Waals surface area contributed by atoms with Gasteiger partial charge in [-0.25, -0.2) is 22.5 Å². The fraction of sp³-hybridized carbons (Fsp3) is 0.304. The molecule has 3 aromatic rings. The van der Waals surface area contributed by atoms with Crippen molar-refractivity contribution in [2.75, 3.05) is 10.6 Å². The molecule has 10 heteroatoms. The molecule has 0 unspecified atom stereocenters. The Hall–Kier alpha value is -3.08. The van der Waals surface area contributed by atoms with Gasteiger partial charge < -0.3 is 16.4 Å². The monoisotopic (exact) mass is 470 g/mol. The Morgan fingerprint density at radius 1 is 0.970 bits per heavy atom. The molecule has 0 amide bonds. The van der Waals surface area contributed by atoms with E-state index in [4.69, 9.17) is 5.73 Å². The summed E-state index contributed by atoms with van der Waals surface area (Å²) in [6.07, 6.45) is 4.80. The average molecular weight is 471 g/mol. The minimum atomic E-state index is -3.57. The number of benzene rings is 2. The van der Waals surface area contributed by atoms with Gasteiger partial charge in [0.15, 0.2) is 0 Å². The summed E-state index contributed by atoms with van der Waals surface area (Å²) >= 11 is 0. The van der Waals surface area contributed by atoms with Crippen LogP contribution in [-0.4, -0.2) is 30.5 Å². The van der Waals surface area contributed by atoms with Crippen LogP contribution in [-0.2, 0) is 16.6 Å². The van der Waals surface area contributed by atoms with Crippen molar-refractivity contribution in [2.24, 2.45) is 5.73 Å². The molecule has 1 aliphatic rings. The largest absolute Gasteiger partial charge is 0.350 e. The van der Waals surface area contributed by atoms with Gasteiger partial charge in [0.2, 0.25) is 16.0 Å². The highest BCUT2D eigenvalue weighted by Crippen LogP contribution is 2.20. The number of anilines is 3. The molecule has 1 aliphatic carbocycles. The zero-order valence-electron chi connectivity index (χ0n) is 18.0. The van der Waals surface area contributed by atoms with Crippen LogP contribution in [0.3, 0.4) is 0 Å². The Morgan fingerprint density at radius 2 is 1.67 bits per heavy atom. The van der Waals surface area contributed by atoms with Gasteiger partial charge in [0.25, 0.3) is 0 Å². The van der Waals surface area contributed by atoms with Crippen LogP contribution >= 0.6 is 0 Å². The Morgan fingerprint density at radius 3 is 2.36 bits per heavy atom. The molecule has 33 heavy (non-hydrogen) atoms. The minimum absolute atomic E-state index is 0.0657. The van der Waals surface area contributed by atoms with Crippen LogP contribution in [0.25, 0.3) is 0 Å². The van der Waals surface area contributed by atoms with Crippen LogP contribution in [0.2, 0.25) is 0 Å². The first-order chi connectivity index (χ1) is 15.9. The number of nitrogens with two attached hydrogens (primary N) is 1. The topological polar surface area (TPSA) is 122 Å². The SMILES string of the molecule is NC1CCC(NS(=O)(=O)c2ccc(CNc3nccc(Nc4ccc(F)cc4)n3)cc2)CC1. The number of sulfonamides is 1. The van der Waals surface area contributed by atoms with Crippen molar-refractivity contribution in [3.8, 4) is 0 Å². The number of nitrogens with zero attached hydrogens (tertiary/aromatic N) is 2. The van der Waals surface area contributed by atoms with E-state index in [1.165, 1.54) is 12.1 Å². The van der Waals surface area contributed by atoms with Gasteiger partial charge in [-0.2, -0.15) is 4.98 Å². The Bertz CT molecular complexity index is 1160. The van der Waals surface area contributed by atoms with Gasteiger partial charge in [0.1, 0.15) is 11.6 Å². The first-order valence-corrected chi connectivity index (χ1v) is 12.3. The molecule has 1 aromatic heterocycles. The molecule has 5 N–H and O–H groups in total. The Kier molecular flexibility index (Phi) is 7.17. The Balaban J connectivity index is 1.33. The van der Waals surface area contributed by atoms with Gasteiger partial charge in [-0.15, -0.1) is 0 Å². The van der Waals surface area contributed by atoms with E-state index < -0.39 is 10.0 Å². The smallest absolute Gasteiger partial charge is 0.240 e. The summed E-state index contributed by atoms with van der Waals surface area (Å²) in [4.78, 5) is 8.83. The molecule has 4 rings (SSSR count). The van der Waals surface area contributed by atoms with E-state index in [0.717, 1.165) is 31.2 Å². The van der Waals surface area contributed by atoms with Gasteiger partial charge in [0, 0.05) is 30.5 Å². The third kappa shape index (κ3) is 6.47.